The third-order valence-electron chi connectivity index (χ3n) is 4.02. The van der Waals surface area contributed by atoms with Gasteiger partial charge in [-0.25, -0.2) is 4.39 Å². The summed E-state index contributed by atoms with van der Waals surface area (Å²) in [6.07, 6.45) is 1.37. The number of hydrogen-bond acceptors (Lipinski definition) is 3. The van der Waals surface area contributed by atoms with E-state index in [0.717, 1.165) is 11.1 Å². The molecule has 1 aromatic heterocycles. The summed E-state index contributed by atoms with van der Waals surface area (Å²) in [6, 6.07) is 14.5. The van der Waals surface area contributed by atoms with Gasteiger partial charge < -0.3 is 10.6 Å². The second kappa shape index (κ2) is 7.78. The minimum Gasteiger partial charge on any atom is -0.322 e. The van der Waals surface area contributed by atoms with Gasteiger partial charge in [-0.1, -0.05) is 24.3 Å². The number of pyridine rings is 1. The first-order valence-electron chi connectivity index (χ1n) is 8.34. The summed E-state index contributed by atoms with van der Waals surface area (Å²) in [7, 11) is 0. The Morgan fingerprint density at radius 2 is 1.63 bits per heavy atom. The molecule has 0 spiro atoms. The number of carbonyl (C=O) groups excluding carboxylic acids is 2. The first kappa shape index (κ1) is 18.3. The third kappa shape index (κ3) is 4.36. The van der Waals surface area contributed by atoms with E-state index in [2.05, 4.69) is 15.6 Å². The summed E-state index contributed by atoms with van der Waals surface area (Å²) in [4.78, 5) is 28.8. The molecule has 2 aromatic carbocycles. The maximum atomic E-state index is 13.7. The van der Waals surface area contributed by atoms with E-state index in [1.807, 2.05) is 32.0 Å². The Bertz CT molecular complexity index is 1020. The highest BCUT2D eigenvalue weighted by Crippen LogP contribution is 2.18. The molecule has 0 radical (unpaired) electrons. The van der Waals surface area contributed by atoms with Gasteiger partial charge in [0, 0.05) is 17.4 Å². The molecule has 6 heteroatoms. The van der Waals surface area contributed by atoms with Crippen LogP contribution in [0.5, 0.6) is 0 Å². The zero-order chi connectivity index (χ0) is 19.4. The Kier molecular flexibility index (Phi) is 5.26. The lowest BCUT2D eigenvalue weighted by Crippen LogP contribution is -2.17. The Labute approximate surface area is 156 Å². The smallest absolute Gasteiger partial charge is 0.274 e. The largest absolute Gasteiger partial charge is 0.322 e. The van der Waals surface area contributed by atoms with Crippen LogP contribution in [-0.4, -0.2) is 16.8 Å². The molecule has 2 N–H and O–H groups in total. The molecule has 0 unspecified atom stereocenters. The average molecular weight is 363 g/mol. The monoisotopic (exact) mass is 363 g/mol. The van der Waals surface area contributed by atoms with Crippen LogP contribution in [0.2, 0.25) is 0 Å². The van der Waals surface area contributed by atoms with Gasteiger partial charge in [-0.15, -0.1) is 0 Å². The van der Waals surface area contributed by atoms with Gasteiger partial charge >= 0.3 is 0 Å². The van der Waals surface area contributed by atoms with Crippen LogP contribution in [0.25, 0.3) is 0 Å². The number of hydrogen-bond donors (Lipinski definition) is 2. The fourth-order valence-corrected chi connectivity index (χ4v) is 2.51. The molecule has 1 heterocycles. The van der Waals surface area contributed by atoms with E-state index in [1.165, 1.54) is 36.5 Å². The van der Waals surface area contributed by atoms with Crippen molar-refractivity contribution < 1.29 is 14.0 Å². The van der Waals surface area contributed by atoms with Gasteiger partial charge in [0.05, 0.1) is 5.69 Å². The number of carbonyl (C=O) groups is 2. The van der Waals surface area contributed by atoms with Crippen LogP contribution in [0, 0.1) is 19.7 Å². The molecule has 3 aromatic rings. The zero-order valence-electron chi connectivity index (χ0n) is 14.9. The van der Waals surface area contributed by atoms with Gasteiger partial charge in [-0.05, 0) is 55.3 Å². The Morgan fingerprint density at radius 1 is 0.889 bits per heavy atom. The number of nitrogens with one attached hydrogen (secondary N) is 2. The van der Waals surface area contributed by atoms with Crippen molar-refractivity contribution in [2.75, 3.05) is 10.6 Å². The van der Waals surface area contributed by atoms with Crippen LogP contribution in [0.4, 0.5) is 15.8 Å². The highest BCUT2D eigenvalue weighted by Gasteiger charge is 2.14. The number of amides is 2. The van der Waals surface area contributed by atoms with E-state index in [-0.39, 0.29) is 22.9 Å². The average Bonchev–Trinajstić information content (AvgIpc) is 2.66. The van der Waals surface area contributed by atoms with Crippen LogP contribution in [0.3, 0.4) is 0 Å². The number of aryl methyl sites for hydroxylation is 2. The van der Waals surface area contributed by atoms with Gasteiger partial charge in [0.25, 0.3) is 11.8 Å². The number of halogens is 1. The van der Waals surface area contributed by atoms with E-state index >= 15 is 0 Å². The fraction of sp³-hybridized carbons (Fsp3) is 0.0952. The fourth-order valence-electron chi connectivity index (χ4n) is 2.51. The minimum atomic E-state index is -0.596. The van der Waals surface area contributed by atoms with E-state index in [0.29, 0.717) is 5.69 Å². The zero-order valence-corrected chi connectivity index (χ0v) is 14.9. The molecule has 27 heavy (non-hydrogen) atoms. The normalized spacial score (nSPS) is 10.3. The molecule has 0 aliphatic heterocycles. The molecular weight excluding hydrogens is 345 g/mol. The van der Waals surface area contributed by atoms with Crippen LogP contribution < -0.4 is 10.6 Å². The first-order chi connectivity index (χ1) is 12.9. The first-order valence-corrected chi connectivity index (χ1v) is 8.34. The van der Waals surface area contributed by atoms with Crippen LogP contribution >= 0.6 is 0 Å². The lowest BCUT2D eigenvalue weighted by molar-refractivity contribution is 0.102. The van der Waals surface area contributed by atoms with Gasteiger partial charge in [-0.2, -0.15) is 0 Å². The van der Waals surface area contributed by atoms with E-state index in [4.69, 9.17) is 0 Å². The maximum Gasteiger partial charge on any atom is 0.274 e. The molecular formula is C21H18FN3O2. The predicted octanol–water partition coefficient (Wildman–Crippen LogP) is 4.34. The maximum absolute atomic E-state index is 13.7. The molecule has 136 valence electrons. The highest BCUT2D eigenvalue weighted by atomic mass is 19.1. The van der Waals surface area contributed by atoms with Crippen molar-refractivity contribution in [2.45, 2.75) is 13.8 Å². The van der Waals surface area contributed by atoms with Crippen molar-refractivity contribution in [3.63, 3.8) is 0 Å². The summed E-state index contributed by atoms with van der Waals surface area (Å²) in [6.45, 7) is 3.83. The minimum absolute atomic E-state index is 0.0202. The summed E-state index contributed by atoms with van der Waals surface area (Å²) >= 11 is 0. The number of para-hydroxylation sites is 1. The second-order valence-electron chi connectivity index (χ2n) is 6.14. The van der Waals surface area contributed by atoms with E-state index < -0.39 is 11.7 Å². The molecule has 2 amide bonds. The van der Waals surface area contributed by atoms with Crippen molar-refractivity contribution in [1.29, 1.82) is 0 Å². The molecule has 0 fully saturated rings. The molecule has 3 rings (SSSR count). The van der Waals surface area contributed by atoms with Crippen LogP contribution in [0.1, 0.15) is 32.0 Å². The van der Waals surface area contributed by atoms with Crippen molar-refractivity contribution in [3.05, 3.63) is 89.0 Å². The second-order valence-corrected chi connectivity index (χ2v) is 6.14. The number of rotatable bonds is 4. The summed E-state index contributed by atoms with van der Waals surface area (Å²) in [5.74, 6) is -1.50. The predicted molar refractivity (Wildman–Crippen MR) is 102 cm³/mol. The molecule has 0 aliphatic rings. The lowest BCUT2D eigenvalue weighted by Gasteiger charge is -2.10. The number of anilines is 2. The van der Waals surface area contributed by atoms with Gasteiger partial charge in [0.15, 0.2) is 0 Å². The third-order valence-corrected chi connectivity index (χ3v) is 4.02. The number of aromatic nitrogens is 1. The van der Waals surface area contributed by atoms with E-state index in [1.54, 1.807) is 6.07 Å². The van der Waals surface area contributed by atoms with Crippen molar-refractivity contribution in [2.24, 2.45) is 0 Å². The summed E-state index contributed by atoms with van der Waals surface area (Å²) in [5.41, 5.74) is 3.01. The summed E-state index contributed by atoms with van der Waals surface area (Å²) in [5, 5.41) is 5.28. The SMILES string of the molecule is Cc1ccc(C)c(NC(=O)c2ccnc(C(=O)Nc3ccccc3F)c2)c1. The van der Waals surface area contributed by atoms with Crippen molar-refractivity contribution in [1.82, 2.24) is 4.98 Å². The Morgan fingerprint density at radius 3 is 2.41 bits per heavy atom. The van der Waals surface area contributed by atoms with E-state index in [9.17, 15) is 14.0 Å². The molecule has 5 nitrogen and oxygen atoms in total. The van der Waals surface area contributed by atoms with Crippen LogP contribution in [0.15, 0.2) is 60.8 Å². The quantitative estimate of drug-likeness (QED) is 0.724. The standard InChI is InChI=1S/C21H18FN3O2/c1-13-7-8-14(2)18(11-13)25-20(26)15-9-10-23-19(12-15)21(27)24-17-6-4-3-5-16(17)22/h3-12H,1-2H3,(H,24,27)(H,25,26). The van der Waals surface area contributed by atoms with Crippen molar-refractivity contribution >= 4 is 23.2 Å². The lowest BCUT2D eigenvalue weighted by atomic mass is 10.1. The molecule has 0 saturated heterocycles. The molecule has 0 saturated carbocycles. The van der Waals surface area contributed by atoms with Gasteiger partial charge in [-0.3, -0.25) is 14.6 Å². The molecule has 0 atom stereocenters. The number of nitrogens with zero attached hydrogens (tertiary/aromatic N) is 1. The molecule has 0 aliphatic carbocycles. The van der Waals surface area contributed by atoms with Gasteiger partial charge in [0.2, 0.25) is 0 Å². The molecule has 0 bridgehead atoms. The number of benzene rings is 2. The van der Waals surface area contributed by atoms with Crippen LogP contribution in [-0.2, 0) is 0 Å². The highest BCUT2D eigenvalue weighted by molar-refractivity contribution is 6.08. The van der Waals surface area contributed by atoms with Gasteiger partial charge in [0.1, 0.15) is 11.5 Å². The Hall–Kier alpha value is -3.54. The van der Waals surface area contributed by atoms with Crippen molar-refractivity contribution in [3.8, 4) is 0 Å². The Balaban J connectivity index is 1.78. The summed E-state index contributed by atoms with van der Waals surface area (Å²) < 4.78 is 13.7. The topological polar surface area (TPSA) is 71.1 Å².